The number of rotatable bonds is 6. The lowest BCUT2D eigenvalue weighted by atomic mass is 10.0. The molecule has 1 aromatic rings. The number of hydrogen-bond acceptors (Lipinski definition) is 4. The van der Waals surface area contributed by atoms with Crippen molar-refractivity contribution in [1.29, 1.82) is 0 Å². The second-order valence-corrected chi connectivity index (χ2v) is 8.19. The summed E-state index contributed by atoms with van der Waals surface area (Å²) in [5, 5.41) is 11.7. The van der Waals surface area contributed by atoms with E-state index in [-0.39, 0.29) is 16.4 Å². The normalized spacial score (nSPS) is 13.0. The number of aryl methyl sites for hydroxylation is 1. The van der Waals surface area contributed by atoms with Gasteiger partial charge in [-0.2, -0.15) is 0 Å². The highest BCUT2D eigenvalue weighted by Crippen LogP contribution is 2.20. The first kappa shape index (κ1) is 19.2. The maximum Gasteiger partial charge on any atom is 0.326 e. The molecule has 0 aromatic heterocycles. The van der Waals surface area contributed by atoms with Crippen molar-refractivity contribution >= 4 is 21.7 Å². The fraction of sp³-hybridized carbons (Fsp3) is 0.500. The number of nitrogens with one attached hydrogen (secondary N) is 1. The van der Waals surface area contributed by atoms with Crippen molar-refractivity contribution < 1.29 is 23.1 Å². The second-order valence-electron chi connectivity index (χ2n) is 6.18. The smallest absolute Gasteiger partial charge is 0.326 e. The molecule has 0 spiro atoms. The topological polar surface area (TPSA) is 101 Å². The van der Waals surface area contributed by atoms with Gasteiger partial charge in [-0.1, -0.05) is 13.8 Å². The van der Waals surface area contributed by atoms with E-state index in [4.69, 9.17) is 0 Å². The monoisotopic (exact) mass is 341 g/mol. The number of sulfone groups is 1. The average molecular weight is 341 g/mol. The number of carboxylic acids is 1. The van der Waals surface area contributed by atoms with Crippen LogP contribution in [-0.2, 0) is 14.6 Å². The molecule has 0 radical (unpaired) electrons. The summed E-state index contributed by atoms with van der Waals surface area (Å²) < 4.78 is 23.4. The van der Waals surface area contributed by atoms with Crippen LogP contribution in [0.25, 0.3) is 0 Å². The number of carboxylic acid groups (broad SMARTS) is 1. The minimum absolute atomic E-state index is 0.0430. The zero-order valence-corrected chi connectivity index (χ0v) is 14.8. The summed E-state index contributed by atoms with van der Waals surface area (Å²) in [6.07, 6.45) is 1.36. The Balaban J connectivity index is 3.21. The summed E-state index contributed by atoms with van der Waals surface area (Å²) in [7, 11) is -3.46. The van der Waals surface area contributed by atoms with Gasteiger partial charge in [0.2, 0.25) is 0 Å². The molecule has 0 saturated carbocycles. The zero-order chi connectivity index (χ0) is 17.9. The Bertz CT molecular complexity index is 722. The Morgan fingerprint density at radius 2 is 1.78 bits per heavy atom. The zero-order valence-electron chi connectivity index (χ0n) is 14.0. The third-order valence-corrected chi connectivity index (χ3v) is 4.72. The summed E-state index contributed by atoms with van der Waals surface area (Å²) in [5.41, 5.74) is 1.47. The average Bonchev–Trinajstić information content (AvgIpc) is 2.38. The van der Waals surface area contributed by atoms with Crippen LogP contribution in [0, 0.1) is 19.8 Å². The number of carbonyl (C=O) groups excluding carboxylic acids is 1. The van der Waals surface area contributed by atoms with E-state index in [1.54, 1.807) is 13.8 Å². The molecule has 0 fully saturated rings. The van der Waals surface area contributed by atoms with Gasteiger partial charge in [0.15, 0.2) is 9.84 Å². The SMILES string of the molecule is Cc1cc(S(C)(=O)=O)cc(C(=O)N[C@H](CC(C)C)C(=O)O)c1C. The molecule has 1 amide bonds. The van der Waals surface area contributed by atoms with E-state index in [0.717, 1.165) is 6.26 Å². The first-order chi connectivity index (χ1) is 10.4. The molecule has 0 bridgehead atoms. The Kier molecular flexibility index (Phi) is 5.93. The maximum atomic E-state index is 12.4. The molecule has 0 saturated heterocycles. The van der Waals surface area contributed by atoms with Crippen molar-refractivity contribution in [2.24, 2.45) is 5.92 Å². The van der Waals surface area contributed by atoms with E-state index in [9.17, 15) is 23.1 Å². The molecule has 0 heterocycles. The van der Waals surface area contributed by atoms with Crippen LogP contribution in [0.5, 0.6) is 0 Å². The number of amides is 1. The third kappa shape index (κ3) is 5.06. The fourth-order valence-corrected chi connectivity index (χ4v) is 2.93. The molecule has 2 N–H and O–H groups in total. The molecule has 23 heavy (non-hydrogen) atoms. The highest BCUT2D eigenvalue weighted by Gasteiger charge is 2.24. The van der Waals surface area contributed by atoms with Crippen LogP contribution in [-0.4, -0.2) is 37.7 Å². The van der Waals surface area contributed by atoms with Gasteiger partial charge in [-0.05, 0) is 49.4 Å². The molecule has 0 aliphatic carbocycles. The molecule has 1 atom stereocenters. The van der Waals surface area contributed by atoms with Gasteiger partial charge < -0.3 is 10.4 Å². The van der Waals surface area contributed by atoms with Gasteiger partial charge in [-0.15, -0.1) is 0 Å². The Labute approximate surface area is 136 Å². The molecule has 0 aliphatic heterocycles. The van der Waals surface area contributed by atoms with E-state index >= 15 is 0 Å². The van der Waals surface area contributed by atoms with Crippen LogP contribution in [0.4, 0.5) is 0 Å². The molecule has 0 unspecified atom stereocenters. The second kappa shape index (κ2) is 7.12. The number of hydrogen-bond donors (Lipinski definition) is 2. The van der Waals surface area contributed by atoms with Crippen LogP contribution >= 0.6 is 0 Å². The van der Waals surface area contributed by atoms with Gasteiger partial charge in [-0.3, -0.25) is 4.79 Å². The van der Waals surface area contributed by atoms with Crippen molar-refractivity contribution in [1.82, 2.24) is 5.32 Å². The summed E-state index contributed by atoms with van der Waals surface area (Å²) in [4.78, 5) is 23.7. The van der Waals surface area contributed by atoms with Crippen LogP contribution in [0.15, 0.2) is 17.0 Å². The van der Waals surface area contributed by atoms with Gasteiger partial charge in [0, 0.05) is 11.8 Å². The summed E-state index contributed by atoms with van der Waals surface area (Å²) in [6.45, 7) is 7.14. The lowest BCUT2D eigenvalue weighted by Gasteiger charge is -2.18. The summed E-state index contributed by atoms with van der Waals surface area (Å²) >= 11 is 0. The van der Waals surface area contributed by atoms with E-state index in [0.29, 0.717) is 17.5 Å². The Morgan fingerprint density at radius 3 is 2.22 bits per heavy atom. The molecular formula is C16H23NO5S. The van der Waals surface area contributed by atoms with E-state index in [1.807, 2.05) is 13.8 Å². The molecule has 128 valence electrons. The van der Waals surface area contributed by atoms with Crippen molar-refractivity contribution in [3.63, 3.8) is 0 Å². The first-order valence-electron chi connectivity index (χ1n) is 7.28. The molecule has 0 aliphatic rings. The molecule has 1 aromatic carbocycles. The highest BCUT2D eigenvalue weighted by molar-refractivity contribution is 7.90. The van der Waals surface area contributed by atoms with Gasteiger partial charge in [-0.25, -0.2) is 13.2 Å². The summed E-state index contributed by atoms with van der Waals surface area (Å²) in [5.74, 6) is -1.59. The quantitative estimate of drug-likeness (QED) is 0.823. The van der Waals surface area contributed by atoms with E-state index in [1.165, 1.54) is 12.1 Å². The molecule has 1 rings (SSSR count). The van der Waals surface area contributed by atoms with Crippen molar-refractivity contribution in [2.45, 2.75) is 45.1 Å². The predicted molar refractivity (Wildman–Crippen MR) is 87.4 cm³/mol. The van der Waals surface area contributed by atoms with E-state index < -0.39 is 27.8 Å². The molecule has 6 nitrogen and oxygen atoms in total. The number of benzene rings is 1. The lowest BCUT2D eigenvalue weighted by Crippen LogP contribution is -2.42. The third-order valence-electron chi connectivity index (χ3n) is 3.62. The van der Waals surface area contributed by atoms with Crippen LogP contribution in [0.3, 0.4) is 0 Å². The van der Waals surface area contributed by atoms with Crippen LogP contribution in [0.1, 0.15) is 41.8 Å². The predicted octanol–water partition coefficient (Wildman–Crippen LogP) is 1.94. The van der Waals surface area contributed by atoms with Gasteiger partial charge in [0.25, 0.3) is 5.91 Å². The van der Waals surface area contributed by atoms with Crippen LogP contribution in [0.2, 0.25) is 0 Å². The highest BCUT2D eigenvalue weighted by atomic mass is 32.2. The van der Waals surface area contributed by atoms with Gasteiger partial charge in [0.05, 0.1) is 4.90 Å². The number of carbonyl (C=O) groups is 2. The maximum absolute atomic E-state index is 12.4. The lowest BCUT2D eigenvalue weighted by molar-refractivity contribution is -0.139. The van der Waals surface area contributed by atoms with Gasteiger partial charge >= 0.3 is 5.97 Å². The molecular weight excluding hydrogens is 318 g/mol. The fourth-order valence-electron chi connectivity index (χ4n) is 2.21. The van der Waals surface area contributed by atoms with Crippen molar-refractivity contribution in [3.05, 3.63) is 28.8 Å². The molecule has 7 heteroatoms. The van der Waals surface area contributed by atoms with Crippen molar-refractivity contribution in [3.8, 4) is 0 Å². The van der Waals surface area contributed by atoms with Crippen molar-refractivity contribution in [2.75, 3.05) is 6.26 Å². The first-order valence-corrected chi connectivity index (χ1v) is 9.17. The van der Waals surface area contributed by atoms with Gasteiger partial charge in [0.1, 0.15) is 6.04 Å². The minimum Gasteiger partial charge on any atom is -0.480 e. The standard InChI is InChI=1S/C16H23NO5S/c1-9(2)6-14(16(19)20)17-15(18)13-8-12(23(5,21)22)7-10(3)11(13)4/h7-9,14H,6H2,1-5H3,(H,17,18)(H,19,20)/t14-/m1/s1. The summed E-state index contributed by atoms with van der Waals surface area (Å²) in [6, 6.07) is 1.79. The Hall–Kier alpha value is -1.89. The Morgan fingerprint density at radius 1 is 1.22 bits per heavy atom. The van der Waals surface area contributed by atoms with Crippen LogP contribution < -0.4 is 5.32 Å². The number of aliphatic carboxylic acids is 1. The minimum atomic E-state index is -3.46. The largest absolute Gasteiger partial charge is 0.480 e. The van der Waals surface area contributed by atoms with E-state index in [2.05, 4.69) is 5.32 Å².